The largest absolute Gasteiger partial charge is 0.695 e. The van der Waals surface area contributed by atoms with Gasteiger partial charge in [0.2, 0.25) is 11.9 Å². The molecule has 0 bridgehead atoms. The van der Waals surface area contributed by atoms with Gasteiger partial charge in [0.25, 0.3) is 11.5 Å². The average Bonchev–Trinajstić information content (AvgIpc) is 1.22. The molecule has 2 aliphatic rings. The number of fused-ring (bicyclic) bond motifs is 2. The van der Waals surface area contributed by atoms with Crippen molar-refractivity contribution in [2.45, 2.75) is 114 Å². The lowest BCUT2D eigenvalue weighted by atomic mass is 9.80. The smallest absolute Gasteiger partial charge is 0.497 e. The molecule has 10 rings (SSSR count). The second kappa shape index (κ2) is 28.2. The predicted molar refractivity (Wildman–Crippen MR) is 333 cm³/mol. The first-order valence-corrected chi connectivity index (χ1v) is 34.1. The van der Waals surface area contributed by atoms with Gasteiger partial charge in [-0.2, -0.15) is 10.2 Å². The molecule has 0 aliphatic carbocycles. The van der Waals surface area contributed by atoms with E-state index in [0.29, 0.717) is 22.7 Å². The summed E-state index contributed by atoms with van der Waals surface area (Å²) in [6.07, 6.45) is -3.41. The van der Waals surface area contributed by atoms with Crippen molar-refractivity contribution in [2.24, 2.45) is 5.92 Å². The lowest BCUT2D eigenvalue weighted by Gasteiger charge is -2.39. The number of carbonyl (C=O) groups excluding carboxylic acids is 2. The van der Waals surface area contributed by atoms with E-state index >= 15 is 0 Å². The molecule has 0 spiro atoms. The van der Waals surface area contributed by atoms with Crippen molar-refractivity contribution in [3.63, 3.8) is 0 Å². The second-order valence-electron chi connectivity index (χ2n) is 23.0. The van der Waals surface area contributed by atoms with Crippen molar-refractivity contribution in [2.75, 3.05) is 44.7 Å². The Morgan fingerprint density at radius 3 is 2.07 bits per heavy atom. The third-order valence-electron chi connectivity index (χ3n) is 15.9. The van der Waals surface area contributed by atoms with E-state index in [9.17, 15) is 29.1 Å². The Bertz CT molecular complexity index is 3860. The molecule has 2 fully saturated rings. The van der Waals surface area contributed by atoms with Gasteiger partial charge in [-0.3, -0.25) is 33.8 Å². The first-order valence-electron chi connectivity index (χ1n) is 28.9. The van der Waals surface area contributed by atoms with Crippen LogP contribution in [0.15, 0.2) is 133 Å². The number of hydrogen-bond acceptors (Lipinski definition) is 20. The van der Waals surface area contributed by atoms with Crippen molar-refractivity contribution in [3.05, 3.63) is 161 Å². The zero-order valence-corrected chi connectivity index (χ0v) is 53.7. The van der Waals surface area contributed by atoms with Gasteiger partial charge in [0.1, 0.15) is 48.0 Å². The highest BCUT2D eigenvalue weighted by molar-refractivity contribution is 7.41. The molecule has 2 unspecified atom stereocenters. The number of methoxy groups -OCH3 is 2. The van der Waals surface area contributed by atoms with E-state index < -0.39 is 102 Å². The van der Waals surface area contributed by atoms with Crippen molar-refractivity contribution in [3.8, 4) is 17.6 Å². The van der Waals surface area contributed by atoms with Gasteiger partial charge >= 0.3 is 16.9 Å². The normalized spacial score (nSPS) is 20.1. The molecular weight excluding hydrogens is 1220 g/mol. The summed E-state index contributed by atoms with van der Waals surface area (Å²) in [6, 6.07) is 35.7. The molecule has 29 heteroatoms. The Kier molecular flexibility index (Phi) is 20.4. The highest BCUT2D eigenvalue weighted by atomic mass is 31.2. The van der Waals surface area contributed by atoms with Gasteiger partial charge in [-0.05, 0) is 71.2 Å². The minimum absolute atomic E-state index is 0.0350. The number of nitrogens with one attached hydrogen (secondary N) is 3. The van der Waals surface area contributed by atoms with E-state index in [1.807, 2.05) is 119 Å². The van der Waals surface area contributed by atoms with Gasteiger partial charge in [-0.25, -0.2) is 19.9 Å². The number of nitriles is 1. The van der Waals surface area contributed by atoms with Gasteiger partial charge < -0.3 is 47.0 Å². The molecule has 0 saturated carbocycles. The topological polar surface area (TPSA) is 319 Å². The number of aromatic nitrogens is 8. The number of ether oxygens (including phenoxy) is 5. The predicted octanol–water partition coefficient (Wildman–Crippen LogP) is 10.0. The van der Waals surface area contributed by atoms with E-state index in [-0.39, 0.29) is 61.1 Å². The maximum absolute atomic E-state index is 13.5. The summed E-state index contributed by atoms with van der Waals surface area (Å²) in [5.74, 6) is -0.00979. The molecule has 2 saturated heterocycles. The van der Waals surface area contributed by atoms with Gasteiger partial charge in [-0.15, -0.1) is 9.42 Å². The molecule has 9 atom stereocenters. The van der Waals surface area contributed by atoms with Gasteiger partial charge in [-0.1, -0.05) is 107 Å². The molecule has 8 aromatic rings. The Hall–Kier alpha value is -7.80. The lowest BCUT2D eigenvalue weighted by Crippen LogP contribution is -2.50. The zero-order chi connectivity index (χ0) is 63.9. The first kappa shape index (κ1) is 65.2. The summed E-state index contributed by atoms with van der Waals surface area (Å²) in [4.78, 5) is 75.3. The van der Waals surface area contributed by atoms with E-state index in [2.05, 4.69) is 46.6 Å². The number of hydrogen-bond donors (Lipinski definition) is 4. The molecule has 0 radical (unpaired) electrons. The molecule has 6 heterocycles. The fraction of sp³-hybridized carbons (Fsp3) is 0.393. The summed E-state index contributed by atoms with van der Waals surface area (Å²) in [6.45, 7) is 12.8. The van der Waals surface area contributed by atoms with Crippen LogP contribution in [0.4, 0.5) is 11.8 Å². The molecule has 90 heavy (non-hydrogen) atoms. The molecule has 4 aromatic heterocycles. The van der Waals surface area contributed by atoms with Crippen LogP contribution in [0.25, 0.3) is 22.3 Å². The number of H-pyrrole nitrogens is 1. The zero-order valence-electron chi connectivity index (χ0n) is 50.9. The fourth-order valence-corrected chi connectivity index (χ4v) is 13.1. The molecule has 4 aromatic carbocycles. The van der Waals surface area contributed by atoms with Crippen molar-refractivity contribution in [1.82, 2.24) is 39.0 Å². The van der Waals surface area contributed by atoms with Gasteiger partial charge in [0, 0.05) is 22.5 Å². The van der Waals surface area contributed by atoms with Crippen LogP contribution < -0.4 is 25.7 Å². The number of amides is 2. The highest BCUT2D eigenvalue weighted by Gasteiger charge is 2.56. The highest BCUT2D eigenvalue weighted by Crippen LogP contribution is 2.50. The van der Waals surface area contributed by atoms with Crippen LogP contribution in [-0.2, 0) is 51.7 Å². The fourth-order valence-electron chi connectivity index (χ4n) is 10.2. The molecule has 4 N–H and O–H groups in total. The van der Waals surface area contributed by atoms with E-state index in [4.69, 9.17) is 46.2 Å². The van der Waals surface area contributed by atoms with Crippen LogP contribution in [0.2, 0.25) is 18.1 Å². The number of benzene rings is 4. The number of anilines is 2. The monoisotopic (exact) mass is 1290 g/mol. The van der Waals surface area contributed by atoms with Crippen LogP contribution in [0.3, 0.4) is 0 Å². The number of nitrogens with zero attached hydrogens (tertiary/aromatic N) is 8. The minimum Gasteiger partial charge on any atom is -0.497 e. The number of aromatic amines is 1. The molecule has 472 valence electrons. The summed E-state index contributed by atoms with van der Waals surface area (Å²) in [7, 11) is -5.44. The van der Waals surface area contributed by atoms with E-state index in [0.717, 1.165) is 16.7 Å². The van der Waals surface area contributed by atoms with E-state index in [1.54, 1.807) is 63.2 Å². The van der Waals surface area contributed by atoms with Crippen LogP contribution in [0.1, 0.15) is 87.0 Å². The maximum Gasteiger partial charge on any atom is 0.695 e. The molecule has 26 nitrogen and oxygen atoms in total. The summed E-state index contributed by atoms with van der Waals surface area (Å²) >= 11 is 0. The quantitative estimate of drug-likeness (QED) is 0.0169. The van der Waals surface area contributed by atoms with Crippen LogP contribution in [0, 0.1) is 17.2 Å². The lowest BCUT2D eigenvalue weighted by molar-refractivity contribution is -0.118. The number of rotatable bonds is 26. The Balaban J connectivity index is 1.02. The molecular formula is C61H70N11O15P2Si+. The second-order valence-corrected chi connectivity index (χ2v) is 29.7. The van der Waals surface area contributed by atoms with E-state index in [1.165, 1.54) is 17.2 Å². The average molecular weight is 1290 g/mol. The van der Waals surface area contributed by atoms with Crippen LogP contribution in [0.5, 0.6) is 11.5 Å². The first-order chi connectivity index (χ1) is 43.2. The van der Waals surface area contributed by atoms with Gasteiger partial charge in [0.15, 0.2) is 48.8 Å². The number of imidazole rings is 2. The Morgan fingerprint density at radius 2 is 1.44 bits per heavy atom. The number of carbonyl (C=O) groups is 2. The van der Waals surface area contributed by atoms with Crippen molar-refractivity contribution >= 4 is 71.1 Å². The summed E-state index contributed by atoms with van der Waals surface area (Å²) in [5.41, 5.74) is 1.19. The Labute approximate surface area is 521 Å². The standard InChI is InChI=1S/C61H69N11O15P2Si/c1-37(2)55(73)69-59-68-54-49(57(75)70-59)66-36-72(54)58-51(86-88(76)77)50(87-90(8,9)60(3,4)5)46(84-58)33-82-89(81-30-16-29-62)85-44-31-47(71-35-65-48-52(63-34-64-53(48)71)67-56(74)38-17-12-10-13-18-38)83-45(44)32-80-61(39-19-14-11-15-20-39,40-21-25-42(78-6)26-22-40)41-23-27-43(79-7)28-24-41/h10-15,17-28,34-37,44-47,50-51,58H,16,30-33H2,1-9H3,(H3-,63,64,67,68,69,70,73,74,75,76,77)/p+1/t44-,45+,46+,47+,50+,51+,58+,89?/m0/s1. The van der Waals surface area contributed by atoms with Crippen LogP contribution >= 0.6 is 16.9 Å². The third kappa shape index (κ3) is 14.2. The molecule has 2 aliphatic heterocycles. The SMILES string of the molecule is COc1ccc(C(OC[C@H]2O[C@@H](n3cnc4c(NC(=O)c5ccccc5)ncnc43)C[C@@H]2OP(OCCC#N)OC[C@H]2O[C@@H](n3cnc4c(=O)[nH]c(NC(=O)C(C)C)nc43)[C@H](O[P+](=O)O)[C@@H]2O[Si](C)(C)C(C)(C)C)(c2ccccc2)c2ccc(OC)cc2)cc1. The minimum atomic E-state index is -3.32. The summed E-state index contributed by atoms with van der Waals surface area (Å²) < 4.78 is 81.4. The van der Waals surface area contributed by atoms with Crippen molar-refractivity contribution < 1.29 is 65.3 Å². The maximum atomic E-state index is 13.5. The Morgan fingerprint density at radius 1 is 0.811 bits per heavy atom. The molecule has 2 amide bonds. The van der Waals surface area contributed by atoms with Crippen molar-refractivity contribution in [1.29, 1.82) is 5.26 Å². The third-order valence-corrected chi connectivity index (χ3v) is 22.0. The summed E-state index contributed by atoms with van der Waals surface area (Å²) in [5, 5.41) is 14.9. The van der Waals surface area contributed by atoms with Crippen LogP contribution in [-0.4, -0.2) is 129 Å². The van der Waals surface area contributed by atoms with Gasteiger partial charge in [0.05, 0.1) is 65.3 Å².